The number of carbonyl (C=O) groups is 1. The average Bonchev–Trinajstić information content (AvgIpc) is 3.72. The van der Waals surface area contributed by atoms with E-state index in [0.717, 1.165) is 26.2 Å². The molecule has 1 aliphatic rings. The largest absolute Gasteiger partial charge is 0.444 e. The highest BCUT2D eigenvalue weighted by molar-refractivity contribution is 5.67. The van der Waals surface area contributed by atoms with Crippen LogP contribution in [0, 0.1) is 0 Å². The van der Waals surface area contributed by atoms with Crippen LogP contribution < -0.4 is 11.0 Å². The molecule has 6 rings (SSSR count). The second-order valence-corrected chi connectivity index (χ2v) is 14.7. The number of amides is 1. The van der Waals surface area contributed by atoms with Crippen LogP contribution in [0.25, 0.3) is 11.2 Å². The molecule has 0 unspecified atom stereocenters. The van der Waals surface area contributed by atoms with E-state index in [0.29, 0.717) is 69.1 Å². The molecule has 0 spiro atoms. The van der Waals surface area contributed by atoms with Crippen LogP contribution in [0.1, 0.15) is 73.4 Å². The zero-order valence-electron chi connectivity index (χ0n) is 31.3. The van der Waals surface area contributed by atoms with Crippen molar-refractivity contribution in [3.63, 3.8) is 0 Å². The summed E-state index contributed by atoms with van der Waals surface area (Å²) in [4.78, 5) is 27.5. The van der Waals surface area contributed by atoms with Gasteiger partial charge in [-0.25, -0.2) is 9.59 Å². The number of hydrogen-bond acceptors (Lipinski definition) is 9. The monoisotopic (exact) mass is 765 g/mol. The number of imidazole rings is 1. The van der Waals surface area contributed by atoms with E-state index in [9.17, 15) is 27.9 Å². The first-order chi connectivity index (χ1) is 26.1. The van der Waals surface area contributed by atoms with Crippen molar-refractivity contribution < 1.29 is 37.3 Å². The van der Waals surface area contributed by atoms with Crippen molar-refractivity contribution in [2.45, 2.75) is 77.3 Å². The maximum atomic E-state index is 14.4. The van der Waals surface area contributed by atoms with Gasteiger partial charge >= 0.3 is 18.0 Å². The van der Waals surface area contributed by atoms with Gasteiger partial charge in [0, 0.05) is 45.6 Å². The number of hydrogen-bond donors (Lipinski definition) is 2. The molecule has 0 aliphatic carbocycles. The highest BCUT2D eigenvalue weighted by Crippen LogP contribution is 2.34. The Hall–Kier alpha value is -5.03. The number of piperidine rings is 1. The molecular formula is C39H46F3N7O6. The van der Waals surface area contributed by atoms with Gasteiger partial charge < -0.3 is 29.2 Å². The number of alkyl halides is 3. The highest BCUT2D eigenvalue weighted by Gasteiger charge is 2.35. The Kier molecular flexibility index (Phi) is 12.1. The smallest absolute Gasteiger partial charge is 0.418 e. The Morgan fingerprint density at radius 3 is 2.40 bits per heavy atom. The van der Waals surface area contributed by atoms with Crippen LogP contribution in [0.3, 0.4) is 0 Å². The molecule has 1 amide bonds. The number of nitrogens with zero attached hydrogens (tertiary/aromatic N) is 6. The fraction of sp³-hybridized carbons (Fsp3) is 0.436. The van der Waals surface area contributed by atoms with Crippen LogP contribution in [0.15, 0.2) is 78.1 Å². The van der Waals surface area contributed by atoms with Crippen molar-refractivity contribution in [1.82, 2.24) is 33.9 Å². The predicted octanol–water partition coefficient (Wildman–Crippen LogP) is 5.54. The number of carbonyl (C=O) groups excluding carboxylic acids is 1. The standard InChI is InChI=1S/C39H46F3N7O6/c1-38(2,3)55-36(51)43-20-26-8-10-27(11-9-26)24-53-16-17-54-31-12-14-47(15-13-31)21-28-18-32(39(40,41)42)33-23-48(37(52)49(33)22-28)30-7-5-6-29(19-30)34(50)35-45-44-25-46(35)4/h5-11,18-19,22-23,25,31,34,50H,12-17,20-21,24H2,1-4H3,(H,43,51)/t34-/m1/s1. The molecule has 1 atom stereocenters. The minimum atomic E-state index is -4.70. The number of fused-ring (bicyclic) bond motifs is 1. The molecule has 4 heterocycles. The van der Waals surface area contributed by atoms with E-state index in [1.54, 1.807) is 35.9 Å². The lowest BCUT2D eigenvalue weighted by Gasteiger charge is -2.32. The number of aryl methyl sites for hydroxylation is 1. The Balaban J connectivity index is 0.999. The van der Waals surface area contributed by atoms with E-state index >= 15 is 0 Å². The summed E-state index contributed by atoms with van der Waals surface area (Å²) in [6.45, 7) is 8.51. The highest BCUT2D eigenvalue weighted by atomic mass is 19.4. The summed E-state index contributed by atoms with van der Waals surface area (Å²) in [6, 6.07) is 15.2. The maximum absolute atomic E-state index is 14.4. The Bertz CT molecular complexity index is 2130. The Labute approximate surface area is 316 Å². The third-order valence-corrected chi connectivity index (χ3v) is 9.23. The minimum Gasteiger partial charge on any atom is -0.444 e. The molecule has 5 aromatic rings. The number of halogens is 3. The summed E-state index contributed by atoms with van der Waals surface area (Å²) >= 11 is 0. The fourth-order valence-corrected chi connectivity index (χ4v) is 6.48. The van der Waals surface area contributed by atoms with Crippen LogP contribution in [-0.2, 0) is 47.1 Å². The minimum absolute atomic E-state index is 0.00409. The number of ether oxygens (including phenoxy) is 3. The summed E-state index contributed by atoms with van der Waals surface area (Å²) in [7, 11) is 1.68. The van der Waals surface area contributed by atoms with Crippen LogP contribution in [0.5, 0.6) is 0 Å². The second kappa shape index (κ2) is 16.8. The quantitative estimate of drug-likeness (QED) is 0.148. The molecule has 0 saturated carbocycles. The molecule has 2 N–H and O–H groups in total. The van der Waals surface area contributed by atoms with Crippen LogP contribution in [0.4, 0.5) is 18.0 Å². The van der Waals surface area contributed by atoms with Gasteiger partial charge in [0.1, 0.15) is 18.0 Å². The molecule has 13 nitrogen and oxygen atoms in total. The van der Waals surface area contributed by atoms with Gasteiger partial charge in [0.05, 0.1) is 42.7 Å². The topological polar surface area (TPSA) is 137 Å². The zero-order valence-corrected chi connectivity index (χ0v) is 31.3. The third kappa shape index (κ3) is 10.2. The van der Waals surface area contributed by atoms with Crippen LogP contribution in [0.2, 0.25) is 0 Å². The van der Waals surface area contributed by atoms with Gasteiger partial charge in [-0.05, 0) is 74.1 Å². The third-order valence-electron chi connectivity index (χ3n) is 9.23. The molecule has 0 radical (unpaired) electrons. The molecule has 294 valence electrons. The number of aromatic nitrogens is 5. The van der Waals surface area contributed by atoms with Crippen LogP contribution >= 0.6 is 0 Å². The van der Waals surface area contributed by atoms with Crippen molar-refractivity contribution in [3.8, 4) is 5.69 Å². The zero-order chi connectivity index (χ0) is 39.3. The van der Waals surface area contributed by atoms with E-state index in [-0.39, 0.29) is 24.0 Å². The summed E-state index contributed by atoms with van der Waals surface area (Å²) in [5, 5.41) is 21.3. The Morgan fingerprint density at radius 1 is 1.00 bits per heavy atom. The molecular weight excluding hydrogens is 719 g/mol. The van der Waals surface area contributed by atoms with E-state index in [4.69, 9.17) is 14.2 Å². The molecule has 2 aromatic carbocycles. The van der Waals surface area contributed by atoms with Gasteiger partial charge in [-0.15, -0.1) is 10.2 Å². The molecule has 1 fully saturated rings. The number of aliphatic hydroxyl groups is 1. The number of nitrogens with one attached hydrogen (secondary N) is 1. The number of benzene rings is 2. The molecule has 1 aliphatic heterocycles. The fourth-order valence-electron chi connectivity index (χ4n) is 6.48. The van der Waals surface area contributed by atoms with Crippen molar-refractivity contribution >= 4 is 11.6 Å². The first-order valence-corrected chi connectivity index (χ1v) is 18.1. The summed E-state index contributed by atoms with van der Waals surface area (Å²) in [5.41, 5.74) is 0.617. The summed E-state index contributed by atoms with van der Waals surface area (Å²) in [5.74, 6) is 0.281. The van der Waals surface area contributed by atoms with Crippen molar-refractivity contribution in [2.24, 2.45) is 7.05 Å². The van der Waals surface area contributed by atoms with E-state index in [1.807, 2.05) is 45.0 Å². The van der Waals surface area contributed by atoms with E-state index < -0.39 is 35.2 Å². The maximum Gasteiger partial charge on any atom is 0.418 e. The molecule has 55 heavy (non-hydrogen) atoms. The van der Waals surface area contributed by atoms with E-state index in [2.05, 4.69) is 20.4 Å². The van der Waals surface area contributed by atoms with Gasteiger partial charge in [0.25, 0.3) is 0 Å². The normalized spacial score (nSPS) is 15.1. The molecule has 1 saturated heterocycles. The van der Waals surface area contributed by atoms with Crippen molar-refractivity contribution in [1.29, 1.82) is 0 Å². The SMILES string of the molecule is Cn1cnnc1[C@H](O)c1cccc(-n2cc3c(C(F)(F)F)cc(CN4CCC(OCCOCc5ccc(CNC(=O)OC(C)(C)C)cc5)CC4)cn3c2=O)c1. The summed E-state index contributed by atoms with van der Waals surface area (Å²) < 4.78 is 64.0. The first kappa shape index (κ1) is 39.7. The average molecular weight is 766 g/mol. The van der Waals surface area contributed by atoms with Gasteiger partial charge in [0.15, 0.2) is 5.82 Å². The van der Waals surface area contributed by atoms with Crippen molar-refractivity contribution in [3.05, 3.63) is 117 Å². The predicted molar refractivity (Wildman–Crippen MR) is 196 cm³/mol. The number of alkyl carbamates (subject to hydrolysis) is 1. The number of rotatable bonds is 13. The van der Waals surface area contributed by atoms with Crippen molar-refractivity contribution in [2.75, 3.05) is 26.3 Å². The lowest BCUT2D eigenvalue weighted by molar-refractivity contribution is -0.136. The number of aliphatic hydroxyl groups excluding tert-OH is 1. The number of likely N-dealkylation sites (tertiary alicyclic amines) is 1. The first-order valence-electron chi connectivity index (χ1n) is 18.1. The lowest BCUT2D eigenvalue weighted by Crippen LogP contribution is -2.37. The number of pyridine rings is 1. The summed E-state index contributed by atoms with van der Waals surface area (Å²) in [6.07, 6.45) is -0.806. The lowest BCUT2D eigenvalue weighted by atomic mass is 10.1. The molecule has 3 aromatic heterocycles. The van der Waals surface area contributed by atoms with Crippen LogP contribution in [-0.4, -0.2) is 77.8 Å². The Morgan fingerprint density at radius 2 is 1.73 bits per heavy atom. The van der Waals surface area contributed by atoms with Gasteiger partial charge in [-0.3, -0.25) is 13.9 Å². The van der Waals surface area contributed by atoms with Gasteiger partial charge in [0.2, 0.25) is 0 Å². The molecule has 0 bridgehead atoms. The van der Waals surface area contributed by atoms with Gasteiger partial charge in [-0.1, -0.05) is 36.4 Å². The van der Waals surface area contributed by atoms with E-state index in [1.165, 1.54) is 18.7 Å². The molecule has 16 heteroatoms. The van der Waals surface area contributed by atoms with Gasteiger partial charge in [-0.2, -0.15) is 13.2 Å². The second-order valence-electron chi connectivity index (χ2n) is 14.7.